The van der Waals surface area contributed by atoms with Crippen molar-refractivity contribution in [2.45, 2.75) is 102 Å². The second-order valence-electron chi connectivity index (χ2n) is 10.6. The van der Waals surface area contributed by atoms with E-state index in [0.717, 1.165) is 38.5 Å². The molecule has 0 bridgehead atoms. The molecular formula is C26H42O3Se. The van der Waals surface area contributed by atoms with Gasteiger partial charge in [0.25, 0.3) is 0 Å². The summed E-state index contributed by atoms with van der Waals surface area (Å²) in [5.74, 6) is 0.759. The van der Waals surface area contributed by atoms with Gasteiger partial charge in [0.2, 0.25) is 0 Å². The molecule has 30 heavy (non-hydrogen) atoms. The smallest absolute Gasteiger partial charge is 0.0622 e. The summed E-state index contributed by atoms with van der Waals surface area (Å²) in [5.41, 5.74) is -0.235. The zero-order valence-corrected chi connectivity index (χ0v) is 21.4. The van der Waals surface area contributed by atoms with Crippen LogP contribution in [0.5, 0.6) is 0 Å². The average Bonchev–Trinajstić information content (AvgIpc) is 2.63. The Kier molecular flexibility index (Phi) is 8.81. The summed E-state index contributed by atoms with van der Waals surface area (Å²) in [5, 5.41) is 30.5. The quantitative estimate of drug-likeness (QED) is 0.434. The number of aliphatic hydroxyl groups is 3. The van der Waals surface area contributed by atoms with Crippen LogP contribution in [0.3, 0.4) is 0 Å². The first-order chi connectivity index (χ1) is 13.8. The van der Waals surface area contributed by atoms with Gasteiger partial charge in [0.15, 0.2) is 0 Å². The van der Waals surface area contributed by atoms with Crippen molar-refractivity contribution in [3.05, 3.63) is 42.0 Å². The minimum Gasteiger partial charge on any atom is -0.390 e. The molecule has 1 saturated carbocycles. The van der Waals surface area contributed by atoms with Gasteiger partial charge in [0.1, 0.15) is 0 Å². The van der Waals surface area contributed by atoms with Gasteiger partial charge in [-0.2, -0.15) is 0 Å². The molecular weight excluding hydrogens is 439 g/mol. The van der Waals surface area contributed by atoms with Crippen molar-refractivity contribution < 1.29 is 15.3 Å². The van der Waals surface area contributed by atoms with Gasteiger partial charge in [-0.05, 0) is 46.0 Å². The fourth-order valence-corrected chi connectivity index (χ4v) is 7.16. The first kappa shape index (κ1) is 25.6. The fraction of sp³-hybridized carbons (Fsp3) is 0.692. The van der Waals surface area contributed by atoms with E-state index < -0.39 is 16.8 Å². The molecule has 3 N–H and O–H groups in total. The molecule has 4 heteroatoms. The largest absolute Gasteiger partial charge is 0.390 e. The molecule has 3 nitrogen and oxygen atoms in total. The Hall–Kier alpha value is -0.641. The Morgan fingerprint density at radius 1 is 0.967 bits per heavy atom. The molecule has 0 heterocycles. The molecule has 0 aromatic heterocycles. The van der Waals surface area contributed by atoms with Crippen molar-refractivity contribution in [2.75, 3.05) is 0 Å². The maximum absolute atomic E-state index is 10.6. The van der Waals surface area contributed by atoms with E-state index in [-0.39, 0.29) is 19.8 Å². The zero-order chi connectivity index (χ0) is 22.6. The summed E-state index contributed by atoms with van der Waals surface area (Å²) < 4.78 is 1.33. The van der Waals surface area contributed by atoms with Crippen LogP contribution in [0, 0.1) is 11.8 Å². The van der Waals surface area contributed by atoms with Crippen molar-refractivity contribution >= 4 is 19.4 Å². The Bertz CT molecular complexity index is 682. The van der Waals surface area contributed by atoms with Crippen LogP contribution in [0.2, 0.25) is 4.82 Å². The molecule has 0 radical (unpaired) electrons. The SMILES string of the molecule is CC1(O)CC[C@@H](C(C)(C)O)CC1[Se]c1ccccc1.CC1=CC[C@H](C(C)(C)O)CC1. The summed E-state index contributed by atoms with van der Waals surface area (Å²) >= 11 is 0.259. The van der Waals surface area contributed by atoms with Crippen LogP contribution in [0.15, 0.2) is 42.0 Å². The Morgan fingerprint density at radius 3 is 2.07 bits per heavy atom. The first-order valence-electron chi connectivity index (χ1n) is 11.3. The molecule has 0 spiro atoms. The number of benzene rings is 1. The molecule has 0 amide bonds. The summed E-state index contributed by atoms with van der Waals surface area (Å²) in [6, 6.07) is 10.4. The summed E-state index contributed by atoms with van der Waals surface area (Å²) in [7, 11) is 0. The first-order valence-corrected chi connectivity index (χ1v) is 13.2. The molecule has 2 aliphatic carbocycles. The average molecular weight is 482 g/mol. The van der Waals surface area contributed by atoms with Gasteiger partial charge in [-0.15, -0.1) is 0 Å². The molecule has 1 aromatic rings. The van der Waals surface area contributed by atoms with E-state index in [1.54, 1.807) is 0 Å². The van der Waals surface area contributed by atoms with E-state index in [4.69, 9.17) is 0 Å². The van der Waals surface area contributed by atoms with E-state index >= 15 is 0 Å². The Balaban J connectivity index is 0.000000248. The molecule has 170 valence electrons. The van der Waals surface area contributed by atoms with Gasteiger partial charge in [-0.1, -0.05) is 11.6 Å². The maximum atomic E-state index is 10.6. The summed E-state index contributed by atoms with van der Waals surface area (Å²) in [6.45, 7) is 11.7. The molecule has 0 aliphatic heterocycles. The van der Waals surface area contributed by atoms with Gasteiger partial charge in [-0.3, -0.25) is 0 Å². The minimum absolute atomic E-state index is 0.259. The second-order valence-corrected chi connectivity index (χ2v) is 13.3. The van der Waals surface area contributed by atoms with Gasteiger partial charge in [-0.25, -0.2) is 0 Å². The van der Waals surface area contributed by atoms with Gasteiger partial charge in [0, 0.05) is 0 Å². The van der Waals surface area contributed by atoms with Gasteiger partial charge in [0.05, 0.1) is 5.60 Å². The Morgan fingerprint density at radius 2 is 1.57 bits per heavy atom. The normalized spacial score (nSPS) is 30.2. The van der Waals surface area contributed by atoms with Crippen molar-refractivity contribution in [3.63, 3.8) is 0 Å². The molecule has 1 aromatic carbocycles. The van der Waals surface area contributed by atoms with Crippen LogP contribution >= 0.6 is 0 Å². The maximum Gasteiger partial charge on any atom is 0.0622 e. The van der Waals surface area contributed by atoms with Crippen LogP contribution in [0.1, 0.15) is 80.1 Å². The number of hydrogen-bond donors (Lipinski definition) is 3. The van der Waals surface area contributed by atoms with Crippen molar-refractivity contribution in [1.29, 1.82) is 0 Å². The van der Waals surface area contributed by atoms with Crippen LogP contribution < -0.4 is 4.46 Å². The molecule has 4 atom stereocenters. The predicted octanol–water partition coefficient (Wildman–Crippen LogP) is 4.63. The van der Waals surface area contributed by atoms with Crippen molar-refractivity contribution in [2.24, 2.45) is 11.8 Å². The molecule has 0 saturated heterocycles. The summed E-state index contributed by atoms with van der Waals surface area (Å²) in [4.78, 5) is 0.285. The molecule has 2 unspecified atom stereocenters. The van der Waals surface area contributed by atoms with Crippen molar-refractivity contribution in [3.8, 4) is 0 Å². The van der Waals surface area contributed by atoms with Gasteiger partial charge < -0.3 is 5.11 Å². The van der Waals surface area contributed by atoms with Crippen LogP contribution in [0.4, 0.5) is 0 Å². The molecule has 1 fully saturated rings. The Labute approximate surface area is 190 Å². The number of allylic oxidation sites excluding steroid dienone is 2. The topological polar surface area (TPSA) is 60.7 Å². The van der Waals surface area contributed by atoms with Crippen LogP contribution in [0.25, 0.3) is 0 Å². The minimum atomic E-state index is -0.637. The number of rotatable bonds is 4. The van der Waals surface area contributed by atoms with Crippen LogP contribution in [-0.2, 0) is 0 Å². The third-order valence-corrected chi connectivity index (χ3v) is 10.1. The zero-order valence-electron chi connectivity index (χ0n) is 19.7. The van der Waals surface area contributed by atoms with Crippen molar-refractivity contribution in [1.82, 2.24) is 0 Å². The fourth-order valence-electron chi connectivity index (χ4n) is 4.34. The predicted molar refractivity (Wildman–Crippen MR) is 127 cm³/mol. The third-order valence-electron chi connectivity index (χ3n) is 6.85. The number of hydrogen-bond acceptors (Lipinski definition) is 3. The second kappa shape index (κ2) is 10.3. The van der Waals surface area contributed by atoms with E-state index in [0.29, 0.717) is 11.8 Å². The van der Waals surface area contributed by atoms with E-state index in [1.165, 1.54) is 10.0 Å². The van der Waals surface area contributed by atoms with E-state index in [1.807, 2.05) is 40.7 Å². The molecule has 2 aliphatic rings. The third kappa shape index (κ3) is 7.80. The van der Waals surface area contributed by atoms with Crippen LogP contribution in [-0.4, -0.2) is 47.1 Å². The summed E-state index contributed by atoms with van der Waals surface area (Å²) in [6.07, 6.45) is 8.24. The van der Waals surface area contributed by atoms with Gasteiger partial charge >= 0.3 is 122 Å². The van der Waals surface area contributed by atoms with E-state index in [2.05, 4.69) is 37.3 Å². The van der Waals surface area contributed by atoms with E-state index in [9.17, 15) is 15.3 Å². The monoisotopic (exact) mass is 482 g/mol. The molecule has 3 rings (SSSR count). The standard InChI is InChI=1S/C16H24O2Se.C10H18O/c1-15(2,17)12-9-10-16(3,18)14(11-12)19-13-7-5-4-6-8-13;1-8-4-6-9(7-5-8)10(2,3)11/h4-8,12,14,17-18H,9-11H2,1-3H3;4,9,11H,5-7H2,1-3H3/t12-,14?,16?;9-/m10/s1.